The quantitative estimate of drug-likeness (QED) is 0.806. The van der Waals surface area contributed by atoms with E-state index in [-0.39, 0.29) is 18.6 Å². The molecule has 1 fully saturated rings. The molecule has 1 amide bonds. The van der Waals surface area contributed by atoms with Gasteiger partial charge in [-0.25, -0.2) is 0 Å². The van der Waals surface area contributed by atoms with E-state index in [9.17, 15) is 9.90 Å². The smallest absolute Gasteiger partial charge is 0.237 e. The summed E-state index contributed by atoms with van der Waals surface area (Å²) in [6.07, 6.45) is 7.56. The average Bonchev–Trinajstić information content (AvgIpc) is 3.04. The van der Waals surface area contributed by atoms with Crippen molar-refractivity contribution in [2.45, 2.75) is 57.7 Å². The molecule has 21 heavy (non-hydrogen) atoms. The summed E-state index contributed by atoms with van der Waals surface area (Å²) in [7, 11) is 0. The van der Waals surface area contributed by atoms with Gasteiger partial charge in [0.1, 0.15) is 5.76 Å². The van der Waals surface area contributed by atoms with Crippen molar-refractivity contribution in [1.29, 1.82) is 0 Å². The van der Waals surface area contributed by atoms with Gasteiger partial charge < -0.3 is 14.8 Å². The summed E-state index contributed by atoms with van der Waals surface area (Å²) in [5.41, 5.74) is 0. The molecule has 1 atom stereocenters. The summed E-state index contributed by atoms with van der Waals surface area (Å²) in [6.45, 7) is 2.97. The zero-order valence-corrected chi connectivity index (χ0v) is 12.8. The molecule has 1 aliphatic rings. The van der Waals surface area contributed by atoms with Gasteiger partial charge in [0.05, 0.1) is 25.5 Å². The molecule has 118 valence electrons. The third kappa shape index (κ3) is 4.58. The minimum absolute atomic E-state index is 0.00887. The number of carbonyl (C=O) groups is 1. The van der Waals surface area contributed by atoms with E-state index in [1.807, 2.05) is 19.1 Å². The molecule has 1 aromatic rings. The number of amides is 1. The third-order valence-electron chi connectivity index (χ3n) is 4.30. The lowest BCUT2D eigenvalue weighted by atomic mass is 9.93. The van der Waals surface area contributed by atoms with E-state index in [4.69, 9.17) is 4.42 Å². The Kier molecular flexibility index (Phi) is 6.26. The molecule has 1 heterocycles. The molecule has 0 bridgehead atoms. The molecule has 1 aromatic heterocycles. The average molecular weight is 294 g/mol. The van der Waals surface area contributed by atoms with Crippen molar-refractivity contribution < 1.29 is 14.3 Å². The van der Waals surface area contributed by atoms with Crippen LogP contribution in [0.2, 0.25) is 0 Å². The fourth-order valence-corrected chi connectivity index (χ4v) is 3.11. The third-order valence-corrected chi connectivity index (χ3v) is 4.30. The van der Waals surface area contributed by atoms with Crippen LogP contribution in [0.4, 0.5) is 0 Å². The largest absolute Gasteiger partial charge is 0.467 e. The first-order valence-electron chi connectivity index (χ1n) is 7.89. The molecule has 2 N–H and O–H groups in total. The van der Waals surface area contributed by atoms with Crippen LogP contribution in [-0.2, 0) is 11.3 Å². The van der Waals surface area contributed by atoms with Crippen LogP contribution in [0.5, 0.6) is 0 Å². The summed E-state index contributed by atoms with van der Waals surface area (Å²) < 4.78 is 5.22. The maximum atomic E-state index is 12.3. The summed E-state index contributed by atoms with van der Waals surface area (Å²) >= 11 is 0. The fourth-order valence-electron chi connectivity index (χ4n) is 3.11. The Hall–Kier alpha value is -1.33. The predicted molar refractivity (Wildman–Crippen MR) is 80.7 cm³/mol. The first-order valence-corrected chi connectivity index (χ1v) is 7.89. The van der Waals surface area contributed by atoms with Crippen molar-refractivity contribution in [2.24, 2.45) is 0 Å². The molecule has 5 nitrogen and oxygen atoms in total. The summed E-state index contributed by atoms with van der Waals surface area (Å²) in [4.78, 5) is 14.5. The molecule has 0 saturated heterocycles. The lowest BCUT2D eigenvalue weighted by molar-refractivity contribution is -0.127. The molecule has 0 aliphatic heterocycles. The van der Waals surface area contributed by atoms with E-state index in [0.29, 0.717) is 19.1 Å². The van der Waals surface area contributed by atoms with Crippen molar-refractivity contribution >= 4 is 5.91 Å². The van der Waals surface area contributed by atoms with E-state index in [2.05, 4.69) is 10.2 Å². The number of hydrogen-bond donors (Lipinski definition) is 2. The Labute approximate surface area is 126 Å². The number of aliphatic hydroxyl groups excluding tert-OH is 1. The maximum Gasteiger partial charge on any atom is 0.237 e. The zero-order chi connectivity index (χ0) is 15.1. The molecule has 1 saturated carbocycles. The highest BCUT2D eigenvalue weighted by molar-refractivity contribution is 5.81. The second-order valence-electron chi connectivity index (χ2n) is 5.73. The Balaban J connectivity index is 1.89. The number of aliphatic hydroxyl groups is 1. The molecule has 1 aliphatic carbocycles. The summed E-state index contributed by atoms with van der Waals surface area (Å²) in [6, 6.07) is 3.84. The Morgan fingerprint density at radius 2 is 2.24 bits per heavy atom. The molecule has 2 rings (SSSR count). The highest BCUT2D eigenvalue weighted by Gasteiger charge is 2.28. The van der Waals surface area contributed by atoms with E-state index in [0.717, 1.165) is 18.6 Å². The van der Waals surface area contributed by atoms with E-state index in [1.165, 1.54) is 19.3 Å². The standard InChI is InChI=1S/C16H26N2O3/c1-13(16(20)17-12-15-8-5-11-21-15)18(9-10-19)14-6-3-2-4-7-14/h5,8,11,13-14,19H,2-4,6-7,9-10,12H2,1H3,(H,17,20). The first-order chi connectivity index (χ1) is 10.2. The van der Waals surface area contributed by atoms with Gasteiger partial charge in [0.2, 0.25) is 5.91 Å². The van der Waals surface area contributed by atoms with Crippen molar-refractivity contribution in [3.05, 3.63) is 24.2 Å². The van der Waals surface area contributed by atoms with E-state index in [1.54, 1.807) is 6.26 Å². The number of carbonyl (C=O) groups excluding carboxylic acids is 1. The van der Waals surface area contributed by atoms with Gasteiger partial charge in [0.15, 0.2) is 0 Å². The van der Waals surface area contributed by atoms with E-state index < -0.39 is 0 Å². The van der Waals surface area contributed by atoms with Gasteiger partial charge in [-0.1, -0.05) is 19.3 Å². The topological polar surface area (TPSA) is 65.7 Å². The number of nitrogens with zero attached hydrogens (tertiary/aromatic N) is 1. The molecule has 1 unspecified atom stereocenters. The van der Waals surface area contributed by atoms with Crippen molar-refractivity contribution in [1.82, 2.24) is 10.2 Å². The molecular formula is C16H26N2O3. The molecular weight excluding hydrogens is 268 g/mol. The van der Waals surface area contributed by atoms with Crippen LogP contribution in [0.3, 0.4) is 0 Å². The normalized spacial score (nSPS) is 17.9. The van der Waals surface area contributed by atoms with Crippen LogP contribution in [0.1, 0.15) is 44.8 Å². The number of rotatable bonds is 7. The van der Waals surface area contributed by atoms with Crippen LogP contribution in [0, 0.1) is 0 Å². The van der Waals surface area contributed by atoms with Crippen LogP contribution in [0.15, 0.2) is 22.8 Å². The lowest BCUT2D eigenvalue weighted by Gasteiger charge is -2.37. The fraction of sp³-hybridized carbons (Fsp3) is 0.688. The maximum absolute atomic E-state index is 12.3. The van der Waals surface area contributed by atoms with Crippen LogP contribution < -0.4 is 5.32 Å². The second-order valence-corrected chi connectivity index (χ2v) is 5.73. The SMILES string of the molecule is CC(C(=O)NCc1ccco1)N(CCO)C1CCCCC1. The lowest BCUT2D eigenvalue weighted by Crippen LogP contribution is -2.51. The van der Waals surface area contributed by atoms with Gasteiger partial charge in [-0.3, -0.25) is 9.69 Å². The minimum atomic E-state index is -0.227. The number of furan rings is 1. The van der Waals surface area contributed by atoms with Crippen molar-refractivity contribution in [3.8, 4) is 0 Å². The van der Waals surface area contributed by atoms with Gasteiger partial charge in [0.25, 0.3) is 0 Å². The first kappa shape index (κ1) is 16.0. The molecule has 0 spiro atoms. The predicted octanol–water partition coefficient (Wildman–Crippen LogP) is 1.91. The van der Waals surface area contributed by atoms with Gasteiger partial charge >= 0.3 is 0 Å². The summed E-state index contributed by atoms with van der Waals surface area (Å²) in [5, 5.41) is 12.2. The highest BCUT2D eigenvalue weighted by atomic mass is 16.3. The van der Waals surface area contributed by atoms with Gasteiger partial charge in [-0.15, -0.1) is 0 Å². The summed E-state index contributed by atoms with van der Waals surface area (Å²) in [5.74, 6) is 0.743. The van der Waals surface area contributed by atoms with E-state index >= 15 is 0 Å². The van der Waals surface area contributed by atoms with Gasteiger partial charge in [-0.2, -0.15) is 0 Å². The number of hydrogen-bond acceptors (Lipinski definition) is 4. The van der Waals surface area contributed by atoms with Gasteiger partial charge in [0, 0.05) is 12.6 Å². The Morgan fingerprint density at radius 1 is 1.48 bits per heavy atom. The van der Waals surface area contributed by atoms with Crippen molar-refractivity contribution in [3.63, 3.8) is 0 Å². The molecule has 0 aromatic carbocycles. The minimum Gasteiger partial charge on any atom is -0.467 e. The Morgan fingerprint density at radius 3 is 2.86 bits per heavy atom. The number of nitrogens with one attached hydrogen (secondary N) is 1. The zero-order valence-electron chi connectivity index (χ0n) is 12.8. The highest BCUT2D eigenvalue weighted by Crippen LogP contribution is 2.24. The van der Waals surface area contributed by atoms with Crippen LogP contribution in [0.25, 0.3) is 0 Å². The molecule has 0 radical (unpaired) electrons. The monoisotopic (exact) mass is 294 g/mol. The van der Waals surface area contributed by atoms with Crippen LogP contribution >= 0.6 is 0 Å². The van der Waals surface area contributed by atoms with Gasteiger partial charge in [-0.05, 0) is 31.9 Å². The van der Waals surface area contributed by atoms with Crippen molar-refractivity contribution in [2.75, 3.05) is 13.2 Å². The van der Waals surface area contributed by atoms with Crippen LogP contribution in [-0.4, -0.2) is 41.1 Å². The Bertz CT molecular complexity index is 413. The molecule has 5 heteroatoms. The second kappa shape index (κ2) is 8.20.